The topological polar surface area (TPSA) is 12.0 Å². The molecular weight excluding hydrogens is 214 g/mol. The van der Waals surface area contributed by atoms with Crippen LogP contribution in [0.3, 0.4) is 0 Å². The van der Waals surface area contributed by atoms with E-state index in [0.717, 1.165) is 6.54 Å². The molecule has 0 spiro atoms. The van der Waals surface area contributed by atoms with Crippen LogP contribution in [0.1, 0.15) is 52.4 Å². The number of hydrogen-bond donors (Lipinski definition) is 1. The van der Waals surface area contributed by atoms with Gasteiger partial charge in [0.1, 0.15) is 0 Å². The summed E-state index contributed by atoms with van der Waals surface area (Å²) in [5.41, 5.74) is 0. The van der Waals surface area contributed by atoms with Gasteiger partial charge in [0, 0.05) is 11.3 Å². The molecule has 0 rings (SSSR count). The van der Waals surface area contributed by atoms with Gasteiger partial charge in [-0.3, -0.25) is 0 Å². The predicted octanol–water partition coefficient (Wildman–Crippen LogP) is 4.24. The molecule has 0 aromatic carbocycles. The zero-order valence-corrected chi connectivity index (χ0v) is 12.2. The van der Waals surface area contributed by atoms with E-state index in [9.17, 15) is 0 Å². The maximum Gasteiger partial charge on any atom is 0.0276 e. The largest absolute Gasteiger partial charge is 0.315 e. The first-order valence-corrected chi connectivity index (χ1v) is 7.84. The van der Waals surface area contributed by atoms with E-state index in [2.05, 4.69) is 32.0 Å². The van der Waals surface area contributed by atoms with Gasteiger partial charge in [-0.15, -0.1) is 6.58 Å². The summed E-state index contributed by atoms with van der Waals surface area (Å²) in [6, 6.07) is 0. The molecule has 96 valence electrons. The Hall–Kier alpha value is 0.0500. The summed E-state index contributed by atoms with van der Waals surface area (Å²) in [5.74, 6) is 0. The monoisotopic (exact) mass is 243 g/mol. The van der Waals surface area contributed by atoms with Crippen LogP contribution in [0, 0.1) is 0 Å². The van der Waals surface area contributed by atoms with Crippen LogP contribution in [0.4, 0.5) is 0 Å². The molecule has 0 aliphatic rings. The molecule has 0 aliphatic carbocycles. The minimum atomic E-state index is 0.459. The van der Waals surface area contributed by atoms with Crippen molar-refractivity contribution in [3.05, 3.63) is 12.7 Å². The lowest BCUT2D eigenvalue weighted by Gasteiger charge is -2.30. The van der Waals surface area contributed by atoms with Gasteiger partial charge in [0.05, 0.1) is 0 Å². The second kappa shape index (κ2) is 10.2. The molecule has 16 heavy (non-hydrogen) atoms. The SMILES string of the molecule is C=CCCCCCNCC(CC)(CC)SC. The van der Waals surface area contributed by atoms with Gasteiger partial charge in [-0.2, -0.15) is 11.8 Å². The molecule has 0 saturated carbocycles. The highest BCUT2D eigenvalue weighted by Crippen LogP contribution is 2.29. The molecular formula is C14H29NS. The summed E-state index contributed by atoms with van der Waals surface area (Å²) in [7, 11) is 0. The van der Waals surface area contributed by atoms with E-state index in [0.29, 0.717) is 4.75 Å². The smallest absolute Gasteiger partial charge is 0.0276 e. The summed E-state index contributed by atoms with van der Waals surface area (Å²) < 4.78 is 0.459. The van der Waals surface area contributed by atoms with Crippen LogP contribution in [0.5, 0.6) is 0 Å². The van der Waals surface area contributed by atoms with Crippen molar-refractivity contribution in [3.8, 4) is 0 Å². The van der Waals surface area contributed by atoms with Crippen molar-refractivity contribution in [2.45, 2.75) is 57.1 Å². The highest BCUT2D eigenvalue weighted by Gasteiger charge is 2.23. The van der Waals surface area contributed by atoms with Crippen LogP contribution in [0.25, 0.3) is 0 Å². The fourth-order valence-electron chi connectivity index (χ4n) is 1.89. The minimum absolute atomic E-state index is 0.459. The molecule has 0 aromatic rings. The fraction of sp³-hybridized carbons (Fsp3) is 0.857. The van der Waals surface area contributed by atoms with Crippen LogP contribution in [0.15, 0.2) is 12.7 Å². The van der Waals surface area contributed by atoms with Gasteiger partial charge in [-0.1, -0.05) is 26.3 Å². The van der Waals surface area contributed by atoms with Gasteiger partial charge < -0.3 is 5.32 Å². The van der Waals surface area contributed by atoms with Crippen LogP contribution >= 0.6 is 11.8 Å². The van der Waals surface area contributed by atoms with Crippen LogP contribution in [-0.4, -0.2) is 24.1 Å². The second-order valence-electron chi connectivity index (χ2n) is 4.41. The van der Waals surface area contributed by atoms with Gasteiger partial charge >= 0.3 is 0 Å². The summed E-state index contributed by atoms with van der Waals surface area (Å²) >= 11 is 2.01. The lowest BCUT2D eigenvalue weighted by molar-refractivity contribution is 0.486. The Labute approximate surface area is 106 Å². The van der Waals surface area contributed by atoms with Gasteiger partial charge in [0.15, 0.2) is 0 Å². The average molecular weight is 243 g/mol. The van der Waals surface area contributed by atoms with Crippen molar-refractivity contribution in [1.29, 1.82) is 0 Å². The summed E-state index contributed by atoms with van der Waals surface area (Å²) in [6.45, 7) is 10.7. The standard InChI is InChI=1S/C14H29NS/c1-5-8-9-10-11-12-15-13-14(6-2,7-3)16-4/h5,15H,1,6-13H2,2-4H3. The lowest BCUT2D eigenvalue weighted by Crippen LogP contribution is -2.37. The molecule has 0 aliphatic heterocycles. The molecule has 1 N–H and O–H groups in total. The summed E-state index contributed by atoms with van der Waals surface area (Å²) in [5, 5.41) is 3.61. The molecule has 1 nitrogen and oxygen atoms in total. The first kappa shape index (κ1) is 16.1. The fourth-order valence-corrected chi connectivity index (χ4v) is 2.72. The summed E-state index contributed by atoms with van der Waals surface area (Å²) in [4.78, 5) is 0. The Balaban J connectivity index is 3.51. The van der Waals surface area contributed by atoms with E-state index in [1.54, 1.807) is 0 Å². The van der Waals surface area contributed by atoms with Crippen molar-refractivity contribution < 1.29 is 0 Å². The Kier molecular flexibility index (Phi) is 10.3. The van der Waals surface area contributed by atoms with Gasteiger partial charge in [-0.25, -0.2) is 0 Å². The molecule has 0 bridgehead atoms. The third-order valence-corrected chi connectivity index (χ3v) is 5.02. The molecule has 0 fully saturated rings. The molecule has 0 heterocycles. The van der Waals surface area contributed by atoms with Crippen molar-refractivity contribution in [2.75, 3.05) is 19.3 Å². The number of rotatable bonds is 11. The van der Waals surface area contributed by atoms with Crippen LogP contribution < -0.4 is 5.32 Å². The van der Waals surface area contributed by atoms with E-state index in [1.165, 1.54) is 45.1 Å². The molecule has 0 atom stereocenters. The van der Waals surface area contributed by atoms with Crippen LogP contribution in [-0.2, 0) is 0 Å². The zero-order chi connectivity index (χ0) is 12.3. The third-order valence-electron chi connectivity index (χ3n) is 3.43. The molecule has 0 aromatic heterocycles. The zero-order valence-electron chi connectivity index (χ0n) is 11.3. The van der Waals surface area contributed by atoms with Crippen molar-refractivity contribution in [2.24, 2.45) is 0 Å². The van der Waals surface area contributed by atoms with Gasteiger partial charge in [0.2, 0.25) is 0 Å². The van der Waals surface area contributed by atoms with E-state index in [1.807, 2.05) is 17.8 Å². The third kappa shape index (κ3) is 6.59. The van der Waals surface area contributed by atoms with E-state index in [-0.39, 0.29) is 0 Å². The van der Waals surface area contributed by atoms with E-state index >= 15 is 0 Å². The lowest BCUT2D eigenvalue weighted by atomic mass is 10.0. The highest BCUT2D eigenvalue weighted by molar-refractivity contribution is 8.00. The highest BCUT2D eigenvalue weighted by atomic mass is 32.2. The van der Waals surface area contributed by atoms with E-state index in [4.69, 9.17) is 0 Å². The minimum Gasteiger partial charge on any atom is -0.315 e. The van der Waals surface area contributed by atoms with Crippen molar-refractivity contribution >= 4 is 11.8 Å². The molecule has 0 saturated heterocycles. The molecule has 0 unspecified atom stereocenters. The van der Waals surface area contributed by atoms with Crippen LogP contribution in [0.2, 0.25) is 0 Å². The van der Waals surface area contributed by atoms with Crippen molar-refractivity contribution in [1.82, 2.24) is 5.32 Å². The average Bonchev–Trinajstić information content (AvgIpc) is 2.34. The Morgan fingerprint density at radius 3 is 2.38 bits per heavy atom. The van der Waals surface area contributed by atoms with E-state index < -0.39 is 0 Å². The Morgan fingerprint density at radius 1 is 1.19 bits per heavy atom. The second-order valence-corrected chi connectivity index (χ2v) is 5.68. The maximum atomic E-state index is 3.74. The first-order valence-electron chi connectivity index (χ1n) is 6.61. The molecule has 2 heteroatoms. The normalized spacial score (nSPS) is 11.7. The predicted molar refractivity (Wildman–Crippen MR) is 78.4 cm³/mol. The number of nitrogens with one attached hydrogen (secondary N) is 1. The number of thioether (sulfide) groups is 1. The Morgan fingerprint density at radius 2 is 1.88 bits per heavy atom. The Bertz CT molecular complexity index is 156. The molecule has 0 radical (unpaired) electrons. The van der Waals surface area contributed by atoms with Gasteiger partial charge in [0.25, 0.3) is 0 Å². The first-order chi connectivity index (χ1) is 7.74. The number of hydrogen-bond acceptors (Lipinski definition) is 2. The number of allylic oxidation sites excluding steroid dienone is 1. The number of unbranched alkanes of at least 4 members (excludes halogenated alkanes) is 3. The van der Waals surface area contributed by atoms with Gasteiger partial charge in [-0.05, 0) is 44.9 Å². The summed E-state index contributed by atoms with van der Waals surface area (Å²) in [6.07, 6.45) is 11.8. The molecule has 0 amide bonds. The van der Waals surface area contributed by atoms with Crippen molar-refractivity contribution in [3.63, 3.8) is 0 Å². The maximum absolute atomic E-state index is 3.74. The quantitative estimate of drug-likeness (QED) is 0.430.